The smallest absolute Gasteiger partial charge is 0.239 e. The van der Waals surface area contributed by atoms with E-state index in [0.29, 0.717) is 25.4 Å². The van der Waals surface area contributed by atoms with E-state index >= 15 is 0 Å². The second-order valence-electron chi connectivity index (χ2n) is 7.49. The van der Waals surface area contributed by atoms with E-state index in [0.717, 1.165) is 31.5 Å². The minimum Gasteiger partial charge on any atom is -0.338 e. The van der Waals surface area contributed by atoms with Crippen molar-refractivity contribution in [1.29, 1.82) is 0 Å². The molecular weight excluding hydrogens is 350 g/mol. The molecule has 5 nitrogen and oxygen atoms in total. The van der Waals surface area contributed by atoms with Crippen LogP contribution >= 0.6 is 12.4 Å². The Labute approximate surface area is 162 Å². The van der Waals surface area contributed by atoms with E-state index in [1.807, 2.05) is 17.0 Å². The first kappa shape index (κ1) is 20.7. The molecule has 0 saturated carbocycles. The van der Waals surface area contributed by atoms with E-state index in [2.05, 4.69) is 26.0 Å². The first-order valence-corrected chi connectivity index (χ1v) is 9.44. The summed E-state index contributed by atoms with van der Waals surface area (Å²) < 4.78 is 0. The lowest BCUT2D eigenvalue weighted by atomic mass is 9.98. The van der Waals surface area contributed by atoms with E-state index in [1.165, 1.54) is 5.56 Å². The molecule has 2 fully saturated rings. The number of hydrogen-bond acceptors (Lipinski definition) is 3. The standard InChI is InChI=1S/C20H29N3O2.ClH/c1-14(2)15-6-8-16(9-7-15)23-12-10-18(20(23)25)19(24)22-11-4-3-5-17(22)13-21;/h6-9,14,17-18H,3-5,10-13,21H2,1-2H3;1H. The fraction of sp³-hybridized carbons (Fsp3) is 0.600. The Bertz CT molecular complexity index is 632. The Kier molecular flexibility index (Phi) is 7.07. The third-order valence-electron chi connectivity index (χ3n) is 5.56. The summed E-state index contributed by atoms with van der Waals surface area (Å²) in [6.45, 7) is 6.12. The predicted molar refractivity (Wildman–Crippen MR) is 107 cm³/mol. The summed E-state index contributed by atoms with van der Waals surface area (Å²) >= 11 is 0. The van der Waals surface area contributed by atoms with Crippen molar-refractivity contribution in [2.75, 3.05) is 24.5 Å². The number of rotatable bonds is 4. The summed E-state index contributed by atoms with van der Waals surface area (Å²) in [5, 5.41) is 0. The van der Waals surface area contributed by atoms with E-state index < -0.39 is 5.92 Å². The van der Waals surface area contributed by atoms with E-state index in [9.17, 15) is 9.59 Å². The van der Waals surface area contributed by atoms with E-state index in [-0.39, 0.29) is 30.3 Å². The molecule has 144 valence electrons. The third kappa shape index (κ3) is 4.04. The van der Waals surface area contributed by atoms with Crippen molar-refractivity contribution in [3.8, 4) is 0 Å². The molecule has 0 aliphatic carbocycles. The number of likely N-dealkylation sites (tertiary alicyclic amines) is 1. The predicted octanol–water partition coefficient (Wildman–Crippen LogP) is 2.92. The van der Waals surface area contributed by atoms with Crippen molar-refractivity contribution < 1.29 is 9.59 Å². The van der Waals surface area contributed by atoms with Gasteiger partial charge in [-0.2, -0.15) is 0 Å². The van der Waals surface area contributed by atoms with Crippen LogP contribution in [0.25, 0.3) is 0 Å². The van der Waals surface area contributed by atoms with Gasteiger partial charge in [0, 0.05) is 31.4 Å². The third-order valence-corrected chi connectivity index (χ3v) is 5.56. The molecule has 26 heavy (non-hydrogen) atoms. The molecule has 6 heteroatoms. The Morgan fingerprint density at radius 1 is 1.15 bits per heavy atom. The molecule has 1 aromatic rings. The molecule has 2 N–H and O–H groups in total. The minimum absolute atomic E-state index is 0. The number of carbonyl (C=O) groups excluding carboxylic acids is 2. The van der Waals surface area contributed by atoms with Crippen molar-refractivity contribution in [3.63, 3.8) is 0 Å². The van der Waals surface area contributed by atoms with Crippen molar-refractivity contribution >= 4 is 29.9 Å². The largest absolute Gasteiger partial charge is 0.338 e. The molecule has 2 aliphatic rings. The van der Waals surface area contributed by atoms with Crippen LogP contribution in [0.3, 0.4) is 0 Å². The maximum absolute atomic E-state index is 12.9. The summed E-state index contributed by atoms with van der Waals surface area (Å²) in [6, 6.07) is 8.20. The summed E-state index contributed by atoms with van der Waals surface area (Å²) in [6.07, 6.45) is 3.66. The van der Waals surface area contributed by atoms with Gasteiger partial charge in [-0.1, -0.05) is 26.0 Å². The number of carbonyl (C=O) groups is 2. The van der Waals surface area contributed by atoms with Crippen LogP contribution in [0, 0.1) is 5.92 Å². The van der Waals surface area contributed by atoms with Gasteiger partial charge >= 0.3 is 0 Å². The number of nitrogens with two attached hydrogens (primary N) is 1. The van der Waals surface area contributed by atoms with Gasteiger partial charge in [0.1, 0.15) is 5.92 Å². The molecule has 1 aromatic carbocycles. The van der Waals surface area contributed by atoms with Gasteiger partial charge in [-0.3, -0.25) is 9.59 Å². The van der Waals surface area contributed by atoms with Crippen LogP contribution in [0.2, 0.25) is 0 Å². The van der Waals surface area contributed by atoms with Crippen molar-refractivity contribution in [1.82, 2.24) is 4.90 Å². The maximum Gasteiger partial charge on any atom is 0.239 e. The van der Waals surface area contributed by atoms with Crippen LogP contribution in [0.15, 0.2) is 24.3 Å². The molecule has 2 unspecified atom stereocenters. The number of benzene rings is 1. The second-order valence-corrected chi connectivity index (χ2v) is 7.49. The molecule has 3 rings (SSSR count). The highest BCUT2D eigenvalue weighted by Crippen LogP contribution is 2.29. The number of hydrogen-bond donors (Lipinski definition) is 1. The van der Waals surface area contributed by atoms with Crippen LogP contribution in [-0.4, -0.2) is 42.4 Å². The van der Waals surface area contributed by atoms with Gasteiger partial charge in [-0.15, -0.1) is 12.4 Å². The maximum atomic E-state index is 12.9. The van der Waals surface area contributed by atoms with E-state index in [4.69, 9.17) is 5.73 Å². The average molecular weight is 380 g/mol. The fourth-order valence-electron chi connectivity index (χ4n) is 3.94. The molecule has 0 spiro atoms. The molecule has 2 saturated heterocycles. The quantitative estimate of drug-likeness (QED) is 0.818. The highest BCUT2D eigenvalue weighted by molar-refractivity contribution is 6.09. The molecule has 2 heterocycles. The first-order chi connectivity index (χ1) is 12.0. The zero-order valence-corrected chi connectivity index (χ0v) is 16.5. The molecule has 2 atom stereocenters. The molecular formula is C20H30ClN3O2. The minimum atomic E-state index is -0.545. The van der Waals surface area contributed by atoms with Crippen molar-refractivity contribution in [2.45, 2.75) is 51.5 Å². The number of nitrogens with zero attached hydrogens (tertiary/aromatic N) is 2. The highest BCUT2D eigenvalue weighted by atomic mass is 35.5. The number of halogens is 1. The summed E-state index contributed by atoms with van der Waals surface area (Å²) in [7, 11) is 0. The zero-order valence-electron chi connectivity index (χ0n) is 15.7. The van der Waals surface area contributed by atoms with Crippen LogP contribution < -0.4 is 10.6 Å². The lowest BCUT2D eigenvalue weighted by molar-refractivity contribution is -0.142. The molecule has 0 bridgehead atoms. The van der Waals surface area contributed by atoms with Gasteiger partial charge in [-0.25, -0.2) is 0 Å². The summed E-state index contributed by atoms with van der Waals surface area (Å²) in [5.41, 5.74) is 7.97. The van der Waals surface area contributed by atoms with Crippen LogP contribution in [0.4, 0.5) is 5.69 Å². The SMILES string of the molecule is CC(C)c1ccc(N2CCC(C(=O)N3CCCCC3CN)C2=O)cc1.Cl. The van der Waals surface area contributed by atoms with Gasteiger partial charge in [0.15, 0.2) is 0 Å². The molecule has 0 radical (unpaired) electrons. The number of anilines is 1. The van der Waals surface area contributed by atoms with Crippen molar-refractivity contribution in [3.05, 3.63) is 29.8 Å². The Balaban J connectivity index is 0.00000243. The molecule has 2 amide bonds. The zero-order chi connectivity index (χ0) is 18.0. The lowest BCUT2D eigenvalue weighted by Gasteiger charge is -2.36. The van der Waals surface area contributed by atoms with Gasteiger partial charge in [-0.05, 0) is 49.3 Å². The van der Waals surface area contributed by atoms with Gasteiger partial charge < -0.3 is 15.5 Å². The average Bonchev–Trinajstić information content (AvgIpc) is 3.02. The molecule has 0 aromatic heterocycles. The Morgan fingerprint density at radius 3 is 2.46 bits per heavy atom. The van der Waals surface area contributed by atoms with Gasteiger partial charge in [0.05, 0.1) is 0 Å². The van der Waals surface area contributed by atoms with Gasteiger partial charge in [0.2, 0.25) is 11.8 Å². The highest BCUT2D eigenvalue weighted by Gasteiger charge is 2.41. The fourth-order valence-corrected chi connectivity index (χ4v) is 3.94. The summed E-state index contributed by atoms with van der Waals surface area (Å²) in [5.74, 6) is -0.174. The second kappa shape index (κ2) is 8.87. The normalized spacial score (nSPS) is 23.3. The van der Waals surface area contributed by atoms with Gasteiger partial charge in [0.25, 0.3) is 0 Å². The summed E-state index contributed by atoms with van der Waals surface area (Å²) in [4.78, 5) is 29.4. The first-order valence-electron chi connectivity index (χ1n) is 9.44. The van der Waals surface area contributed by atoms with Crippen LogP contribution in [0.5, 0.6) is 0 Å². The van der Waals surface area contributed by atoms with Crippen LogP contribution in [0.1, 0.15) is 51.0 Å². The van der Waals surface area contributed by atoms with Crippen molar-refractivity contribution in [2.24, 2.45) is 11.7 Å². The monoisotopic (exact) mass is 379 g/mol. The Morgan fingerprint density at radius 2 is 1.85 bits per heavy atom. The van der Waals surface area contributed by atoms with E-state index in [1.54, 1.807) is 4.90 Å². The topological polar surface area (TPSA) is 66.6 Å². The Hall–Kier alpha value is -1.59. The van der Waals surface area contributed by atoms with Crippen LogP contribution in [-0.2, 0) is 9.59 Å². The number of amides is 2. The lowest BCUT2D eigenvalue weighted by Crippen LogP contribution is -2.50. The number of piperidine rings is 1. The molecule has 2 aliphatic heterocycles.